The zero-order valence-electron chi connectivity index (χ0n) is 7.70. The first kappa shape index (κ1) is 10.8. The highest BCUT2D eigenvalue weighted by Gasteiger charge is 2.16. The Balaban J connectivity index is 3.35. The third-order valence-electron chi connectivity index (χ3n) is 1.72. The topological polar surface area (TPSA) is 55.8 Å². The molecule has 14 heavy (non-hydrogen) atoms. The van der Waals surface area contributed by atoms with Crippen LogP contribution in [0.3, 0.4) is 0 Å². The number of aromatic carboxylic acids is 1. The Labute approximate surface area is 89.6 Å². The van der Waals surface area contributed by atoms with Gasteiger partial charge < -0.3 is 14.6 Å². The first-order chi connectivity index (χ1) is 6.61. The minimum absolute atomic E-state index is 0.0974. The molecule has 0 aliphatic rings. The van der Waals surface area contributed by atoms with Crippen molar-refractivity contribution in [3.8, 4) is 11.5 Å². The summed E-state index contributed by atoms with van der Waals surface area (Å²) in [6, 6.07) is 3.00. The number of hydrogen-bond donors (Lipinski definition) is 1. The molecule has 0 amide bonds. The molecule has 1 aromatic rings. The van der Waals surface area contributed by atoms with E-state index < -0.39 is 5.97 Å². The summed E-state index contributed by atoms with van der Waals surface area (Å²) in [6.07, 6.45) is 0. The lowest BCUT2D eigenvalue weighted by molar-refractivity contribution is 0.0693. The lowest BCUT2D eigenvalue weighted by Crippen LogP contribution is -2.01. The molecule has 1 aromatic carbocycles. The van der Waals surface area contributed by atoms with Gasteiger partial charge in [-0.1, -0.05) is 0 Å². The molecule has 76 valence electrons. The van der Waals surface area contributed by atoms with Gasteiger partial charge in [-0.05, 0) is 28.1 Å². The Morgan fingerprint density at radius 3 is 2.43 bits per heavy atom. The minimum atomic E-state index is -1.04. The van der Waals surface area contributed by atoms with E-state index in [1.165, 1.54) is 20.3 Å². The Morgan fingerprint density at radius 1 is 1.36 bits per heavy atom. The second-order valence-electron chi connectivity index (χ2n) is 2.47. The average molecular weight is 261 g/mol. The van der Waals surface area contributed by atoms with Crippen LogP contribution in [-0.2, 0) is 0 Å². The van der Waals surface area contributed by atoms with E-state index in [2.05, 4.69) is 15.9 Å². The summed E-state index contributed by atoms with van der Waals surface area (Å²) in [6.45, 7) is 0. The molecule has 0 fully saturated rings. The molecule has 0 heterocycles. The molecule has 0 saturated carbocycles. The van der Waals surface area contributed by atoms with Gasteiger partial charge in [-0.3, -0.25) is 0 Å². The maximum atomic E-state index is 10.8. The van der Waals surface area contributed by atoms with Crippen molar-refractivity contribution in [3.05, 3.63) is 22.2 Å². The predicted molar refractivity (Wildman–Crippen MR) is 54.2 cm³/mol. The first-order valence-electron chi connectivity index (χ1n) is 3.75. The third-order valence-corrected chi connectivity index (χ3v) is 2.47. The van der Waals surface area contributed by atoms with Gasteiger partial charge in [-0.25, -0.2) is 4.79 Å². The van der Waals surface area contributed by atoms with E-state index in [1.807, 2.05) is 0 Å². The van der Waals surface area contributed by atoms with Crippen LogP contribution in [-0.4, -0.2) is 25.3 Å². The normalized spacial score (nSPS) is 9.64. The molecule has 0 unspecified atom stereocenters. The molecule has 0 spiro atoms. The number of hydrogen-bond acceptors (Lipinski definition) is 3. The number of halogens is 1. The first-order valence-corrected chi connectivity index (χ1v) is 4.55. The van der Waals surface area contributed by atoms with Crippen LogP contribution >= 0.6 is 15.9 Å². The van der Waals surface area contributed by atoms with Crippen LogP contribution in [0.1, 0.15) is 10.4 Å². The Kier molecular flexibility index (Phi) is 3.35. The molecular weight excluding hydrogens is 252 g/mol. The average Bonchev–Trinajstić information content (AvgIpc) is 2.17. The maximum absolute atomic E-state index is 10.8. The largest absolute Gasteiger partial charge is 0.495 e. The van der Waals surface area contributed by atoms with Crippen molar-refractivity contribution >= 4 is 21.9 Å². The number of methoxy groups -OCH3 is 2. The summed E-state index contributed by atoms with van der Waals surface area (Å²) in [5.41, 5.74) is 0.0974. The highest BCUT2D eigenvalue weighted by atomic mass is 79.9. The van der Waals surface area contributed by atoms with E-state index in [0.29, 0.717) is 10.2 Å². The van der Waals surface area contributed by atoms with Crippen molar-refractivity contribution < 1.29 is 19.4 Å². The lowest BCUT2D eigenvalue weighted by atomic mass is 10.2. The number of ether oxygens (including phenoxy) is 2. The minimum Gasteiger partial charge on any atom is -0.495 e. The maximum Gasteiger partial charge on any atom is 0.339 e. The fraction of sp³-hybridized carbons (Fsp3) is 0.222. The second kappa shape index (κ2) is 4.32. The molecule has 1 rings (SSSR count). The van der Waals surface area contributed by atoms with Crippen LogP contribution in [0.15, 0.2) is 16.6 Å². The molecular formula is C9H9BrO4. The Bertz CT molecular complexity index is 362. The number of carboxylic acid groups (broad SMARTS) is 1. The van der Waals surface area contributed by atoms with Crippen molar-refractivity contribution in [2.45, 2.75) is 0 Å². The van der Waals surface area contributed by atoms with Gasteiger partial charge in [0.2, 0.25) is 0 Å². The molecule has 0 aromatic heterocycles. The zero-order valence-corrected chi connectivity index (χ0v) is 9.29. The fourth-order valence-corrected chi connectivity index (χ4v) is 1.73. The zero-order chi connectivity index (χ0) is 10.7. The third kappa shape index (κ3) is 1.82. The van der Waals surface area contributed by atoms with Crippen molar-refractivity contribution in [3.63, 3.8) is 0 Å². The molecule has 1 N–H and O–H groups in total. The summed E-state index contributed by atoms with van der Waals surface area (Å²) in [5.74, 6) is -0.242. The quantitative estimate of drug-likeness (QED) is 0.905. The highest BCUT2D eigenvalue weighted by molar-refractivity contribution is 9.10. The van der Waals surface area contributed by atoms with Crippen LogP contribution in [0.5, 0.6) is 11.5 Å². The smallest absolute Gasteiger partial charge is 0.339 e. The van der Waals surface area contributed by atoms with E-state index in [9.17, 15) is 4.79 Å². The van der Waals surface area contributed by atoms with Crippen LogP contribution < -0.4 is 9.47 Å². The van der Waals surface area contributed by atoms with Crippen molar-refractivity contribution in [1.29, 1.82) is 0 Å². The number of rotatable bonds is 3. The van der Waals surface area contributed by atoms with Crippen LogP contribution in [0.2, 0.25) is 0 Å². The summed E-state index contributed by atoms with van der Waals surface area (Å²) >= 11 is 3.21. The Morgan fingerprint density at radius 2 is 2.00 bits per heavy atom. The molecule has 0 radical (unpaired) electrons. The van der Waals surface area contributed by atoms with Crippen molar-refractivity contribution in [1.82, 2.24) is 0 Å². The Hall–Kier alpha value is -1.23. The second-order valence-corrected chi connectivity index (χ2v) is 3.26. The predicted octanol–water partition coefficient (Wildman–Crippen LogP) is 2.16. The molecule has 0 atom stereocenters. The molecule has 4 nitrogen and oxygen atoms in total. The summed E-state index contributed by atoms with van der Waals surface area (Å²) in [7, 11) is 2.91. The van der Waals surface area contributed by atoms with E-state index in [-0.39, 0.29) is 11.3 Å². The lowest BCUT2D eigenvalue weighted by Gasteiger charge is -2.10. The number of carboxylic acids is 1. The van der Waals surface area contributed by atoms with E-state index in [4.69, 9.17) is 14.6 Å². The van der Waals surface area contributed by atoms with Gasteiger partial charge >= 0.3 is 5.97 Å². The highest BCUT2D eigenvalue weighted by Crippen LogP contribution is 2.36. The van der Waals surface area contributed by atoms with E-state index >= 15 is 0 Å². The van der Waals surface area contributed by atoms with Crippen LogP contribution in [0.4, 0.5) is 0 Å². The van der Waals surface area contributed by atoms with Gasteiger partial charge in [0.15, 0.2) is 5.75 Å². The molecule has 0 aliphatic carbocycles. The standard InChI is InChI=1S/C9H9BrO4/c1-13-6-4-3-5(9(11)12)8(14-2)7(6)10/h3-4H,1-2H3,(H,11,12). The van der Waals surface area contributed by atoms with Crippen molar-refractivity contribution in [2.75, 3.05) is 14.2 Å². The van der Waals surface area contributed by atoms with Crippen molar-refractivity contribution in [2.24, 2.45) is 0 Å². The molecule has 0 bridgehead atoms. The number of benzene rings is 1. The monoisotopic (exact) mass is 260 g/mol. The fourth-order valence-electron chi connectivity index (χ4n) is 1.06. The van der Waals surface area contributed by atoms with Gasteiger partial charge in [-0.15, -0.1) is 0 Å². The van der Waals surface area contributed by atoms with Gasteiger partial charge in [-0.2, -0.15) is 0 Å². The van der Waals surface area contributed by atoms with E-state index in [1.54, 1.807) is 6.07 Å². The van der Waals surface area contributed by atoms with Crippen LogP contribution in [0, 0.1) is 0 Å². The van der Waals surface area contributed by atoms with Gasteiger partial charge in [0.05, 0.1) is 14.2 Å². The van der Waals surface area contributed by atoms with Gasteiger partial charge in [0, 0.05) is 0 Å². The van der Waals surface area contributed by atoms with E-state index in [0.717, 1.165) is 0 Å². The van der Waals surface area contributed by atoms with Crippen LogP contribution in [0.25, 0.3) is 0 Å². The summed E-state index contributed by atoms with van der Waals surface area (Å²) in [4.78, 5) is 10.8. The summed E-state index contributed by atoms with van der Waals surface area (Å²) in [5, 5.41) is 8.84. The summed E-state index contributed by atoms with van der Waals surface area (Å²) < 4.78 is 10.5. The van der Waals surface area contributed by atoms with Gasteiger partial charge in [0.1, 0.15) is 15.8 Å². The SMILES string of the molecule is COc1ccc(C(=O)O)c(OC)c1Br. The molecule has 0 saturated heterocycles. The number of carbonyl (C=O) groups is 1. The van der Waals surface area contributed by atoms with Gasteiger partial charge in [0.25, 0.3) is 0 Å². The molecule has 0 aliphatic heterocycles. The molecule has 5 heteroatoms.